The first kappa shape index (κ1) is 72.9. The van der Waals surface area contributed by atoms with Crippen LogP contribution in [0.15, 0.2) is 146 Å². The molecule has 0 bridgehead atoms. The van der Waals surface area contributed by atoms with Gasteiger partial charge in [0.05, 0.1) is 33.8 Å². The van der Waals surface area contributed by atoms with Gasteiger partial charge in [-0.2, -0.15) is 0 Å². The Labute approximate surface area is 472 Å². The quantitative estimate of drug-likeness (QED) is 0.0161. The number of allylic oxidation sites excluding steroid dienone is 23. The van der Waals surface area contributed by atoms with E-state index in [0.29, 0.717) is 23.9 Å². The summed E-state index contributed by atoms with van der Waals surface area (Å²) in [5, 5.41) is 3.00. The second kappa shape index (κ2) is 55.2. The second-order valence-corrected chi connectivity index (χ2v) is 22.3. The first-order chi connectivity index (χ1) is 37.4. The standard InChI is InChI=1S/C67H111N2O7P/c1-7-10-13-16-19-22-25-28-30-32-33-34-35-37-38-41-44-47-50-53-56-59-66(70)68-64(63-75-77(72,73)74-62-61-69(4,5)6)65(58-55-52-49-46-43-40-27-24-21-18-15-12-9-3)76-67(71)60-57-54-51-48-45-42-39-36-31-29-26-23-20-17-14-11-8-2/h10-11,13-14,17,19-20,22-23,26,28-31,33-34,36-39,42,45,55,58,64-65H,7-9,12,15-16,18,21,24-25,27,32,35,40-41,43-44,46-54,56-57,59-63H2,1-6H3,(H-,68,70,72,73)/b13-10-,14-11-,20-17+,22-19-,26-23+,30-28-,31-29-,34-33-,38-37-,39-36+,45-42+,58-55-. The van der Waals surface area contributed by atoms with Crippen LogP contribution in [0.5, 0.6) is 0 Å². The summed E-state index contributed by atoms with van der Waals surface area (Å²) in [6.07, 6.45) is 79.5. The van der Waals surface area contributed by atoms with Crippen LogP contribution in [0.2, 0.25) is 0 Å². The van der Waals surface area contributed by atoms with E-state index in [1.807, 2.05) is 88.0 Å². The third-order valence-electron chi connectivity index (χ3n) is 12.4. The van der Waals surface area contributed by atoms with E-state index in [4.69, 9.17) is 13.8 Å². The van der Waals surface area contributed by atoms with Crippen LogP contribution in [0.4, 0.5) is 0 Å². The zero-order valence-electron chi connectivity index (χ0n) is 49.6. The number of hydrogen-bond donors (Lipinski definition) is 1. The molecule has 3 unspecified atom stereocenters. The van der Waals surface area contributed by atoms with E-state index < -0.39 is 32.5 Å². The number of nitrogens with zero attached hydrogens (tertiary/aromatic N) is 1. The smallest absolute Gasteiger partial charge is 0.306 e. The fourth-order valence-electron chi connectivity index (χ4n) is 7.81. The van der Waals surface area contributed by atoms with Crippen LogP contribution >= 0.6 is 7.82 Å². The molecule has 3 atom stereocenters. The van der Waals surface area contributed by atoms with Crippen LogP contribution in [0, 0.1) is 0 Å². The predicted octanol–water partition coefficient (Wildman–Crippen LogP) is 18.0. The van der Waals surface area contributed by atoms with Crippen LogP contribution in [-0.2, 0) is 27.9 Å². The molecule has 0 radical (unpaired) electrons. The lowest BCUT2D eigenvalue weighted by molar-refractivity contribution is -0.870. The number of unbranched alkanes of at least 4 members (excludes halogenated alkanes) is 19. The van der Waals surface area contributed by atoms with E-state index in [1.54, 1.807) is 6.08 Å². The van der Waals surface area contributed by atoms with Crippen LogP contribution in [-0.4, -0.2) is 69.4 Å². The van der Waals surface area contributed by atoms with Gasteiger partial charge >= 0.3 is 5.97 Å². The Kier molecular flexibility index (Phi) is 52.3. The van der Waals surface area contributed by atoms with Crippen molar-refractivity contribution in [2.75, 3.05) is 40.9 Å². The number of hydrogen-bond acceptors (Lipinski definition) is 7. The van der Waals surface area contributed by atoms with Gasteiger partial charge in [0.2, 0.25) is 5.91 Å². The number of phosphoric ester groups is 1. The van der Waals surface area contributed by atoms with Crippen molar-refractivity contribution < 1.29 is 37.3 Å². The lowest BCUT2D eigenvalue weighted by atomic mass is 10.0. The van der Waals surface area contributed by atoms with Crippen molar-refractivity contribution in [3.05, 3.63) is 146 Å². The zero-order valence-corrected chi connectivity index (χ0v) is 50.5. The molecule has 0 aromatic rings. The molecule has 1 N–H and O–H groups in total. The molecule has 0 spiro atoms. The third-order valence-corrected chi connectivity index (χ3v) is 13.4. The van der Waals surface area contributed by atoms with Gasteiger partial charge in [-0.25, -0.2) is 0 Å². The highest BCUT2D eigenvalue weighted by atomic mass is 31.2. The number of quaternary nitrogens is 1. The van der Waals surface area contributed by atoms with Gasteiger partial charge in [0.25, 0.3) is 7.82 Å². The van der Waals surface area contributed by atoms with Gasteiger partial charge in [-0.3, -0.25) is 14.2 Å². The van der Waals surface area contributed by atoms with Crippen molar-refractivity contribution in [3.8, 4) is 0 Å². The van der Waals surface area contributed by atoms with Gasteiger partial charge in [-0.05, 0) is 96.0 Å². The molecule has 1 amide bonds. The Morgan fingerprint density at radius 2 is 0.896 bits per heavy atom. The van der Waals surface area contributed by atoms with Crippen molar-refractivity contribution >= 4 is 19.7 Å². The van der Waals surface area contributed by atoms with Crippen LogP contribution in [0.1, 0.15) is 213 Å². The highest BCUT2D eigenvalue weighted by Gasteiger charge is 2.27. The lowest BCUT2D eigenvalue weighted by Crippen LogP contribution is -2.47. The molecule has 0 heterocycles. The summed E-state index contributed by atoms with van der Waals surface area (Å²) < 4.78 is 30.2. The van der Waals surface area contributed by atoms with Crippen molar-refractivity contribution in [1.82, 2.24) is 5.32 Å². The number of rotatable bonds is 52. The third kappa shape index (κ3) is 56.4. The first-order valence-corrected chi connectivity index (χ1v) is 31.7. The molecule has 0 saturated carbocycles. The molecule has 0 aliphatic carbocycles. The normalized spacial score (nSPS) is 14.7. The number of likely N-dealkylation sites (N-methyl/N-ethyl adjacent to an activating group) is 1. The molecule has 0 aromatic heterocycles. The van der Waals surface area contributed by atoms with E-state index >= 15 is 0 Å². The highest BCUT2D eigenvalue weighted by molar-refractivity contribution is 7.45. The number of ether oxygens (including phenoxy) is 1. The summed E-state index contributed by atoms with van der Waals surface area (Å²) in [7, 11) is 1.12. The minimum Gasteiger partial charge on any atom is -0.756 e. The molecular formula is C67H111N2O7P. The van der Waals surface area contributed by atoms with Gasteiger partial charge in [0.1, 0.15) is 19.3 Å². The van der Waals surface area contributed by atoms with Crippen molar-refractivity contribution in [2.24, 2.45) is 0 Å². The maximum absolute atomic E-state index is 13.5. The molecule has 9 nitrogen and oxygen atoms in total. The average Bonchev–Trinajstić information content (AvgIpc) is 3.39. The van der Waals surface area contributed by atoms with Gasteiger partial charge in [-0.1, -0.05) is 250 Å². The Morgan fingerprint density at radius 3 is 1.42 bits per heavy atom. The average molecular weight is 1090 g/mol. The summed E-state index contributed by atoms with van der Waals surface area (Å²) in [5.74, 6) is -0.627. The second-order valence-electron chi connectivity index (χ2n) is 20.9. The van der Waals surface area contributed by atoms with Gasteiger partial charge in [-0.15, -0.1) is 0 Å². The summed E-state index contributed by atoms with van der Waals surface area (Å²) in [6, 6.07) is -0.929. The highest BCUT2D eigenvalue weighted by Crippen LogP contribution is 2.38. The SMILES string of the molecule is CC\C=C/C=C/C=C/C=C\C=C\C=C\CCCCCC(=O)OC(/C=C\CCCCCCCCCCCCC)C(COP(=O)([O-])OCC[N+](C)(C)C)NC(=O)CCCCCCC/C=C\C/C=C\C/C=C\C/C=C\C/C=C\CC. The Hall–Kier alpha value is -4.11. The predicted molar refractivity (Wildman–Crippen MR) is 329 cm³/mol. The summed E-state index contributed by atoms with van der Waals surface area (Å²) in [5.41, 5.74) is 0. The molecule has 10 heteroatoms. The monoisotopic (exact) mass is 1090 g/mol. The van der Waals surface area contributed by atoms with Gasteiger partial charge < -0.3 is 28.5 Å². The molecule has 0 rings (SSSR count). The molecule has 0 aromatic carbocycles. The van der Waals surface area contributed by atoms with E-state index in [9.17, 15) is 19.0 Å². The van der Waals surface area contributed by atoms with E-state index in [2.05, 4.69) is 99.0 Å². The fourth-order valence-corrected chi connectivity index (χ4v) is 8.54. The van der Waals surface area contributed by atoms with Crippen LogP contribution in [0.25, 0.3) is 0 Å². The molecule has 77 heavy (non-hydrogen) atoms. The van der Waals surface area contributed by atoms with Gasteiger partial charge in [0.15, 0.2) is 0 Å². The summed E-state index contributed by atoms with van der Waals surface area (Å²) >= 11 is 0. The number of nitrogens with one attached hydrogen (secondary N) is 1. The van der Waals surface area contributed by atoms with Crippen molar-refractivity contribution in [2.45, 2.75) is 226 Å². The summed E-state index contributed by atoms with van der Waals surface area (Å²) in [4.78, 5) is 40.0. The van der Waals surface area contributed by atoms with Crippen molar-refractivity contribution in [1.29, 1.82) is 0 Å². The van der Waals surface area contributed by atoms with Crippen molar-refractivity contribution in [3.63, 3.8) is 0 Å². The minimum atomic E-state index is -4.73. The Morgan fingerprint density at radius 1 is 0.481 bits per heavy atom. The number of esters is 1. The maximum atomic E-state index is 13.5. The summed E-state index contributed by atoms with van der Waals surface area (Å²) in [6.45, 7) is 6.51. The first-order valence-electron chi connectivity index (χ1n) is 30.2. The van der Waals surface area contributed by atoms with Gasteiger partial charge in [0, 0.05) is 12.8 Å². The molecule has 0 saturated heterocycles. The number of carbonyl (C=O) groups is 2. The molecule has 0 aliphatic rings. The molecular weight excluding hydrogens is 976 g/mol. The van der Waals surface area contributed by atoms with Crippen LogP contribution < -0.4 is 10.2 Å². The zero-order chi connectivity index (χ0) is 56.4. The minimum absolute atomic E-state index is 0.0431. The van der Waals surface area contributed by atoms with E-state index in [0.717, 1.165) is 109 Å². The van der Waals surface area contributed by atoms with E-state index in [-0.39, 0.29) is 25.4 Å². The Bertz CT molecular complexity index is 1830. The fraction of sp³-hybridized carbons (Fsp3) is 0.612. The maximum Gasteiger partial charge on any atom is 0.306 e. The molecule has 436 valence electrons. The van der Waals surface area contributed by atoms with Crippen LogP contribution in [0.3, 0.4) is 0 Å². The lowest BCUT2D eigenvalue weighted by Gasteiger charge is -2.30. The number of amides is 1. The number of carbonyl (C=O) groups excluding carboxylic acids is 2. The Balaban J connectivity index is 5.45. The molecule has 0 fully saturated rings. The number of phosphoric acid groups is 1. The van der Waals surface area contributed by atoms with E-state index in [1.165, 1.54) is 57.8 Å². The largest absolute Gasteiger partial charge is 0.756 e. The topological polar surface area (TPSA) is 114 Å². The molecule has 0 aliphatic heterocycles.